The summed E-state index contributed by atoms with van der Waals surface area (Å²) in [6.07, 6.45) is 0.431. The Morgan fingerprint density at radius 3 is 2.71 bits per heavy atom. The Balaban J connectivity index is 2.19. The monoisotopic (exact) mass is 228 g/mol. The average Bonchev–Trinajstić information content (AvgIpc) is 2.20. The van der Waals surface area contributed by atoms with E-state index in [1.54, 1.807) is 11.8 Å². The maximum atomic E-state index is 10.9. The van der Waals surface area contributed by atoms with Crippen LogP contribution in [0, 0.1) is 0 Å². The maximum Gasteiger partial charge on any atom is 0.307 e. The largest absolute Gasteiger partial charge is 0.455 e. The van der Waals surface area contributed by atoms with Gasteiger partial charge >= 0.3 is 5.97 Å². The molecule has 1 aromatic rings. The summed E-state index contributed by atoms with van der Waals surface area (Å²) in [7, 11) is 0. The molecule has 0 saturated heterocycles. The number of thiol groups is 1. The zero-order chi connectivity index (χ0) is 10.2. The number of ether oxygens (including phenoxy) is 1. The Morgan fingerprint density at radius 2 is 2.07 bits per heavy atom. The molecule has 0 amide bonds. The lowest BCUT2D eigenvalue weighted by atomic mass is 10.4. The van der Waals surface area contributed by atoms with Crippen molar-refractivity contribution in [3.05, 3.63) is 30.3 Å². The van der Waals surface area contributed by atoms with Gasteiger partial charge in [-0.15, -0.1) is 24.4 Å². The highest BCUT2D eigenvalue weighted by molar-refractivity contribution is 7.99. The Bertz CT molecular complexity index is 275. The summed E-state index contributed by atoms with van der Waals surface area (Å²) < 4.78 is 4.69. The number of esters is 1. The van der Waals surface area contributed by atoms with E-state index >= 15 is 0 Å². The minimum Gasteiger partial charge on any atom is -0.455 e. The van der Waals surface area contributed by atoms with Crippen molar-refractivity contribution >= 4 is 30.4 Å². The number of carbonyl (C=O) groups excluding carboxylic acids is 1. The first-order chi connectivity index (χ1) is 6.83. The fourth-order valence-electron chi connectivity index (χ4n) is 0.913. The molecular weight excluding hydrogens is 216 g/mol. The van der Waals surface area contributed by atoms with Crippen LogP contribution >= 0.6 is 24.4 Å². The Hall–Kier alpha value is -0.610. The molecule has 0 heterocycles. The summed E-state index contributed by atoms with van der Waals surface area (Å²) in [4.78, 5) is 12.1. The highest BCUT2D eigenvalue weighted by Gasteiger charge is 2.01. The standard InChI is InChI=1S/C10H12O2S2/c11-10(12-8-13)6-7-14-9-4-2-1-3-5-9/h1-5,13H,6-8H2. The first-order valence-corrected chi connectivity index (χ1v) is 5.89. The highest BCUT2D eigenvalue weighted by Crippen LogP contribution is 2.17. The van der Waals surface area contributed by atoms with Crippen molar-refractivity contribution in [2.45, 2.75) is 11.3 Å². The van der Waals surface area contributed by atoms with E-state index in [9.17, 15) is 4.79 Å². The third-order valence-corrected chi connectivity index (χ3v) is 2.69. The van der Waals surface area contributed by atoms with Gasteiger partial charge in [0.05, 0.1) is 6.42 Å². The molecule has 1 aromatic carbocycles. The smallest absolute Gasteiger partial charge is 0.307 e. The third-order valence-electron chi connectivity index (χ3n) is 1.54. The summed E-state index contributed by atoms with van der Waals surface area (Å²) >= 11 is 5.45. The van der Waals surface area contributed by atoms with Crippen LogP contribution in [0.3, 0.4) is 0 Å². The lowest BCUT2D eigenvalue weighted by Crippen LogP contribution is -2.03. The van der Waals surface area contributed by atoms with E-state index < -0.39 is 0 Å². The zero-order valence-corrected chi connectivity index (χ0v) is 9.39. The summed E-state index contributed by atoms with van der Waals surface area (Å²) in [5.41, 5.74) is 0. The minimum atomic E-state index is -0.191. The fourth-order valence-corrected chi connectivity index (χ4v) is 1.91. The van der Waals surface area contributed by atoms with Crippen molar-refractivity contribution in [3.8, 4) is 0 Å². The van der Waals surface area contributed by atoms with Crippen molar-refractivity contribution in [2.24, 2.45) is 0 Å². The van der Waals surface area contributed by atoms with Crippen LogP contribution in [0.4, 0.5) is 0 Å². The van der Waals surface area contributed by atoms with Gasteiger partial charge < -0.3 is 4.74 Å². The Kier molecular flexibility index (Phi) is 5.56. The van der Waals surface area contributed by atoms with Crippen LogP contribution in [-0.2, 0) is 9.53 Å². The van der Waals surface area contributed by atoms with Crippen molar-refractivity contribution in [1.29, 1.82) is 0 Å². The van der Waals surface area contributed by atoms with Crippen LogP contribution in [0.25, 0.3) is 0 Å². The second kappa shape index (κ2) is 6.79. The number of thioether (sulfide) groups is 1. The highest BCUT2D eigenvalue weighted by atomic mass is 32.2. The first kappa shape index (κ1) is 11.5. The van der Waals surface area contributed by atoms with Gasteiger partial charge in [0.25, 0.3) is 0 Å². The van der Waals surface area contributed by atoms with Crippen LogP contribution in [0.5, 0.6) is 0 Å². The van der Waals surface area contributed by atoms with E-state index in [0.29, 0.717) is 6.42 Å². The zero-order valence-electron chi connectivity index (χ0n) is 7.68. The minimum absolute atomic E-state index is 0.162. The van der Waals surface area contributed by atoms with Crippen LogP contribution in [-0.4, -0.2) is 17.7 Å². The molecule has 0 fully saturated rings. The predicted octanol–water partition coefficient (Wildman–Crippen LogP) is 2.60. The number of rotatable bonds is 5. The molecule has 14 heavy (non-hydrogen) atoms. The van der Waals surface area contributed by atoms with Crippen molar-refractivity contribution in [2.75, 3.05) is 11.7 Å². The van der Waals surface area contributed by atoms with Crippen LogP contribution in [0.1, 0.15) is 6.42 Å². The summed E-state index contributed by atoms with van der Waals surface area (Å²) in [5, 5.41) is 0. The maximum absolute atomic E-state index is 10.9. The van der Waals surface area contributed by atoms with Gasteiger partial charge in [0.1, 0.15) is 5.94 Å². The van der Waals surface area contributed by atoms with E-state index in [2.05, 4.69) is 12.6 Å². The number of carbonyl (C=O) groups is 1. The van der Waals surface area contributed by atoms with Crippen LogP contribution in [0.2, 0.25) is 0 Å². The molecule has 76 valence electrons. The van der Waals surface area contributed by atoms with Crippen molar-refractivity contribution < 1.29 is 9.53 Å². The number of benzene rings is 1. The summed E-state index contributed by atoms with van der Waals surface area (Å²) in [5.74, 6) is 0.717. The second-order valence-electron chi connectivity index (χ2n) is 2.56. The molecule has 0 bridgehead atoms. The van der Waals surface area contributed by atoms with Gasteiger partial charge in [0, 0.05) is 10.6 Å². The molecule has 0 radical (unpaired) electrons. The molecule has 1 rings (SSSR count). The number of hydrogen-bond acceptors (Lipinski definition) is 4. The predicted molar refractivity (Wildman–Crippen MR) is 61.7 cm³/mol. The summed E-state index contributed by atoms with van der Waals surface area (Å²) in [6.45, 7) is 0. The molecule has 0 aliphatic rings. The van der Waals surface area contributed by atoms with Gasteiger partial charge in [-0.1, -0.05) is 18.2 Å². The third kappa shape index (κ3) is 4.58. The van der Waals surface area contributed by atoms with Gasteiger partial charge in [-0.2, -0.15) is 0 Å². The average molecular weight is 228 g/mol. The Morgan fingerprint density at radius 1 is 1.36 bits per heavy atom. The van der Waals surface area contributed by atoms with Gasteiger partial charge in [-0.25, -0.2) is 0 Å². The van der Waals surface area contributed by atoms with E-state index in [1.807, 2.05) is 30.3 Å². The molecule has 0 saturated carbocycles. The normalized spacial score (nSPS) is 9.79. The van der Waals surface area contributed by atoms with Crippen LogP contribution in [0.15, 0.2) is 35.2 Å². The SMILES string of the molecule is O=C(CCSc1ccccc1)OCS. The lowest BCUT2D eigenvalue weighted by molar-refractivity contribution is -0.140. The second-order valence-corrected chi connectivity index (χ2v) is 3.98. The van der Waals surface area contributed by atoms with Gasteiger partial charge in [0.2, 0.25) is 0 Å². The van der Waals surface area contributed by atoms with E-state index in [0.717, 1.165) is 5.75 Å². The van der Waals surface area contributed by atoms with E-state index in [1.165, 1.54) is 4.90 Å². The van der Waals surface area contributed by atoms with E-state index in [-0.39, 0.29) is 11.9 Å². The molecule has 2 nitrogen and oxygen atoms in total. The fraction of sp³-hybridized carbons (Fsp3) is 0.300. The number of hydrogen-bond donors (Lipinski definition) is 1. The first-order valence-electron chi connectivity index (χ1n) is 4.27. The van der Waals surface area contributed by atoms with Crippen LogP contribution < -0.4 is 0 Å². The van der Waals surface area contributed by atoms with Crippen molar-refractivity contribution in [1.82, 2.24) is 0 Å². The van der Waals surface area contributed by atoms with Gasteiger partial charge in [0.15, 0.2) is 0 Å². The van der Waals surface area contributed by atoms with Gasteiger partial charge in [-0.05, 0) is 12.1 Å². The molecule has 0 aromatic heterocycles. The molecule has 0 aliphatic carbocycles. The van der Waals surface area contributed by atoms with Crippen molar-refractivity contribution in [3.63, 3.8) is 0 Å². The summed E-state index contributed by atoms with van der Waals surface area (Å²) in [6, 6.07) is 9.98. The molecule has 0 unspecified atom stereocenters. The molecule has 0 atom stereocenters. The molecule has 0 aliphatic heterocycles. The van der Waals surface area contributed by atoms with Gasteiger partial charge in [-0.3, -0.25) is 4.79 Å². The topological polar surface area (TPSA) is 26.3 Å². The molecular formula is C10H12O2S2. The van der Waals surface area contributed by atoms with E-state index in [4.69, 9.17) is 4.74 Å². The molecule has 0 N–H and O–H groups in total. The Labute approximate surface area is 93.4 Å². The quantitative estimate of drug-likeness (QED) is 0.363. The lowest BCUT2D eigenvalue weighted by Gasteiger charge is -2.01. The molecule has 4 heteroatoms. The molecule has 0 spiro atoms.